The second kappa shape index (κ2) is 6.43. The van der Waals surface area contributed by atoms with Gasteiger partial charge in [-0.2, -0.15) is 0 Å². The number of pyridine rings is 1. The molecule has 0 N–H and O–H groups in total. The van der Waals surface area contributed by atoms with Gasteiger partial charge in [-0.15, -0.1) is 10.2 Å². The Bertz CT molecular complexity index is 1060. The van der Waals surface area contributed by atoms with Gasteiger partial charge in [0, 0.05) is 26.3 Å². The molecule has 3 aromatic rings. The van der Waals surface area contributed by atoms with Crippen molar-refractivity contribution in [2.24, 2.45) is 0 Å². The third-order valence-corrected chi connectivity index (χ3v) is 4.71. The summed E-state index contributed by atoms with van der Waals surface area (Å²) in [5.41, 5.74) is 2.48. The quantitative estimate of drug-likeness (QED) is 0.688. The van der Waals surface area contributed by atoms with Crippen LogP contribution >= 0.6 is 0 Å². The summed E-state index contributed by atoms with van der Waals surface area (Å²) in [4.78, 5) is 25.1. The Morgan fingerprint density at radius 2 is 2.14 bits per heavy atom. The van der Waals surface area contributed by atoms with E-state index < -0.39 is 5.60 Å². The summed E-state index contributed by atoms with van der Waals surface area (Å²) in [6.45, 7) is 10.6. The number of aromatic nitrogens is 5. The van der Waals surface area contributed by atoms with Crippen molar-refractivity contribution < 1.29 is 9.53 Å². The summed E-state index contributed by atoms with van der Waals surface area (Å²) in [6, 6.07) is 2.00. The maximum atomic E-state index is 12.3. The summed E-state index contributed by atoms with van der Waals surface area (Å²) >= 11 is 0. The fourth-order valence-corrected chi connectivity index (χ4v) is 3.12. The summed E-state index contributed by atoms with van der Waals surface area (Å²) in [5.74, 6) is 0.706. The third-order valence-electron chi connectivity index (χ3n) is 4.71. The lowest BCUT2D eigenvalue weighted by molar-refractivity contribution is 0.0197. The van der Waals surface area contributed by atoms with Crippen molar-refractivity contribution in [3.8, 4) is 0 Å². The van der Waals surface area contributed by atoms with Crippen LogP contribution in [0.4, 0.5) is 10.6 Å². The highest BCUT2D eigenvalue weighted by molar-refractivity contribution is 5.82. The largest absolute Gasteiger partial charge is 0.444 e. The molecule has 0 aromatic carbocycles. The highest BCUT2D eigenvalue weighted by Crippen LogP contribution is 2.28. The van der Waals surface area contributed by atoms with Crippen LogP contribution in [0.25, 0.3) is 22.9 Å². The van der Waals surface area contributed by atoms with Crippen molar-refractivity contribution in [3.05, 3.63) is 30.7 Å². The predicted molar refractivity (Wildman–Crippen MR) is 106 cm³/mol. The van der Waals surface area contributed by atoms with Gasteiger partial charge >= 0.3 is 6.09 Å². The number of fused-ring (bicyclic) bond motifs is 3. The Kier molecular flexibility index (Phi) is 4.17. The zero-order valence-corrected chi connectivity index (χ0v) is 16.5. The molecule has 3 aromatic heterocycles. The molecular formula is C19H23N7O2. The van der Waals surface area contributed by atoms with E-state index in [2.05, 4.69) is 26.7 Å². The van der Waals surface area contributed by atoms with Gasteiger partial charge in [0.15, 0.2) is 11.5 Å². The van der Waals surface area contributed by atoms with Crippen LogP contribution < -0.4 is 4.90 Å². The van der Waals surface area contributed by atoms with E-state index in [-0.39, 0.29) is 12.1 Å². The van der Waals surface area contributed by atoms with E-state index in [1.54, 1.807) is 30.5 Å². The molecule has 0 aliphatic carbocycles. The molecule has 0 radical (unpaired) electrons. The monoisotopic (exact) mass is 381 g/mol. The number of likely N-dealkylation sites (N-methyl/N-ethyl adjacent to an activating group) is 1. The maximum absolute atomic E-state index is 12.3. The number of hydrogen-bond donors (Lipinski definition) is 0. The van der Waals surface area contributed by atoms with Crippen LogP contribution in [0.2, 0.25) is 0 Å². The molecule has 1 amide bonds. The highest BCUT2D eigenvalue weighted by Gasteiger charge is 2.36. The molecule has 4 heterocycles. The van der Waals surface area contributed by atoms with Crippen LogP contribution in [0.5, 0.6) is 0 Å². The van der Waals surface area contributed by atoms with E-state index >= 15 is 0 Å². The van der Waals surface area contributed by atoms with Gasteiger partial charge in [-0.1, -0.05) is 12.7 Å². The van der Waals surface area contributed by atoms with Gasteiger partial charge in [-0.3, -0.25) is 4.40 Å². The Balaban J connectivity index is 1.58. The molecule has 0 saturated carbocycles. The van der Waals surface area contributed by atoms with Crippen LogP contribution in [0, 0.1) is 0 Å². The van der Waals surface area contributed by atoms with Crippen LogP contribution in [0.3, 0.4) is 0 Å². The molecule has 9 nitrogen and oxygen atoms in total. The molecule has 0 unspecified atom stereocenters. The predicted octanol–water partition coefficient (Wildman–Crippen LogP) is 2.37. The standard InChI is InChI=1S/C19H23N7O2/c1-6-12-7-14-15(20-8-12)22-16(17-23-21-11-26(14)17)25-9-13(10-25)24(5)18(27)28-19(2,3)4/h6-8,11,13H,1,9-10H2,2-5H3. The van der Waals surface area contributed by atoms with Gasteiger partial charge in [0.2, 0.25) is 5.65 Å². The fourth-order valence-electron chi connectivity index (χ4n) is 3.12. The van der Waals surface area contributed by atoms with Gasteiger partial charge in [-0.25, -0.2) is 14.8 Å². The van der Waals surface area contributed by atoms with Crippen LogP contribution in [0.15, 0.2) is 25.2 Å². The number of carbonyl (C=O) groups is 1. The number of carbonyl (C=O) groups excluding carboxylic acids is 1. The number of amides is 1. The molecule has 28 heavy (non-hydrogen) atoms. The molecular weight excluding hydrogens is 358 g/mol. The SMILES string of the molecule is C=Cc1cnc2nc(N3CC(N(C)C(=O)OC(C)(C)C)C3)c3nncn3c2c1. The minimum atomic E-state index is -0.516. The van der Waals surface area contributed by atoms with Crippen molar-refractivity contribution in [1.29, 1.82) is 0 Å². The lowest BCUT2D eigenvalue weighted by Crippen LogP contribution is -2.60. The van der Waals surface area contributed by atoms with Crippen molar-refractivity contribution in [1.82, 2.24) is 29.5 Å². The van der Waals surface area contributed by atoms with E-state index in [9.17, 15) is 4.79 Å². The smallest absolute Gasteiger partial charge is 0.410 e. The zero-order valence-electron chi connectivity index (χ0n) is 16.5. The van der Waals surface area contributed by atoms with E-state index in [0.717, 1.165) is 11.1 Å². The van der Waals surface area contributed by atoms with Crippen molar-refractivity contribution in [2.45, 2.75) is 32.4 Å². The van der Waals surface area contributed by atoms with E-state index in [4.69, 9.17) is 9.72 Å². The van der Waals surface area contributed by atoms with E-state index in [1.807, 2.05) is 31.2 Å². The third kappa shape index (κ3) is 3.12. The number of hydrogen-bond acceptors (Lipinski definition) is 7. The van der Waals surface area contributed by atoms with Gasteiger partial charge < -0.3 is 14.5 Å². The summed E-state index contributed by atoms with van der Waals surface area (Å²) in [7, 11) is 1.76. The van der Waals surface area contributed by atoms with Gasteiger partial charge in [0.05, 0.1) is 11.6 Å². The van der Waals surface area contributed by atoms with Crippen LogP contribution in [-0.2, 0) is 4.74 Å². The molecule has 1 saturated heterocycles. The molecule has 1 aliphatic heterocycles. The maximum Gasteiger partial charge on any atom is 0.410 e. The zero-order chi connectivity index (χ0) is 20.1. The summed E-state index contributed by atoms with van der Waals surface area (Å²) in [5, 5.41) is 8.27. The van der Waals surface area contributed by atoms with Gasteiger partial charge in [0.25, 0.3) is 0 Å². The van der Waals surface area contributed by atoms with Gasteiger partial charge in [0.1, 0.15) is 11.9 Å². The number of nitrogens with zero attached hydrogens (tertiary/aromatic N) is 7. The first-order valence-electron chi connectivity index (χ1n) is 9.09. The molecule has 1 fully saturated rings. The molecule has 0 spiro atoms. The average molecular weight is 381 g/mol. The minimum absolute atomic E-state index is 0.0476. The second-order valence-corrected chi connectivity index (χ2v) is 7.93. The number of anilines is 1. The lowest BCUT2D eigenvalue weighted by atomic mass is 10.1. The van der Waals surface area contributed by atoms with Crippen molar-refractivity contribution >= 4 is 34.8 Å². The van der Waals surface area contributed by atoms with E-state index in [0.29, 0.717) is 30.2 Å². The first-order chi connectivity index (χ1) is 13.3. The summed E-state index contributed by atoms with van der Waals surface area (Å²) < 4.78 is 7.32. The Morgan fingerprint density at radius 3 is 2.82 bits per heavy atom. The molecule has 1 aliphatic rings. The first kappa shape index (κ1) is 18.1. The average Bonchev–Trinajstić information content (AvgIpc) is 3.08. The first-order valence-corrected chi connectivity index (χ1v) is 9.09. The van der Waals surface area contributed by atoms with Crippen molar-refractivity contribution in [2.75, 3.05) is 25.0 Å². The number of rotatable bonds is 3. The molecule has 146 valence electrons. The topological polar surface area (TPSA) is 88.8 Å². The highest BCUT2D eigenvalue weighted by atomic mass is 16.6. The second-order valence-electron chi connectivity index (χ2n) is 7.93. The lowest BCUT2D eigenvalue weighted by Gasteiger charge is -2.44. The number of ether oxygens (including phenoxy) is 1. The Morgan fingerprint density at radius 1 is 1.39 bits per heavy atom. The van der Waals surface area contributed by atoms with Crippen molar-refractivity contribution in [3.63, 3.8) is 0 Å². The molecule has 0 bridgehead atoms. The van der Waals surface area contributed by atoms with Gasteiger partial charge in [-0.05, 0) is 32.4 Å². The van der Waals surface area contributed by atoms with Crippen LogP contribution in [-0.4, -0.2) is 67.3 Å². The van der Waals surface area contributed by atoms with Crippen LogP contribution in [0.1, 0.15) is 26.3 Å². The fraction of sp³-hybridized carbons (Fsp3) is 0.421. The molecule has 4 rings (SSSR count). The molecule has 9 heteroatoms. The Hall–Kier alpha value is -3.23. The van der Waals surface area contributed by atoms with E-state index in [1.165, 1.54) is 0 Å². The Labute approximate surface area is 162 Å². The summed E-state index contributed by atoms with van der Waals surface area (Å²) in [6.07, 6.45) is 4.80. The molecule has 0 atom stereocenters. The normalized spacial score (nSPS) is 14.9. The minimum Gasteiger partial charge on any atom is -0.444 e.